The number of hydrogen-bond donors (Lipinski definition) is 2. The van der Waals surface area contributed by atoms with E-state index in [1.165, 1.54) is 11.3 Å². The molecule has 3 heterocycles. The Kier molecular flexibility index (Phi) is 4.80. The zero-order valence-electron chi connectivity index (χ0n) is 16.1. The van der Waals surface area contributed by atoms with E-state index in [4.69, 9.17) is 4.74 Å². The lowest BCUT2D eigenvalue weighted by molar-refractivity contribution is 0.0240. The maximum Gasteiger partial charge on any atom is 0.410 e. The van der Waals surface area contributed by atoms with Crippen molar-refractivity contribution in [3.8, 4) is 0 Å². The van der Waals surface area contributed by atoms with Crippen LogP contribution in [0.2, 0.25) is 0 Å². The SMILES string of the molecule is CC(C)(C)OC(=O)N1CCN(c2nnc(Nc3ccc4[nH]ncc4c3)s2)CC1. The van der Waals surface area contributed by atoms with Gasteiger partial charge in [0, 0.05) is 37.3 Å². The van der Waals surface area contributed by atoms with E-state index >= 15 is 0 Å². The number of aromatic amines is 1. The number of nitrogens with zero attached hydrogens (tertiary/aromatic N) is 5. The van der Waals surface area contributed by atoms with Crippen LogP contribution < -0.4 is 10.2 Å². The first kappa shape index (κ1) is 18.5. The van der Waals surface area contributed by atoms with Crippen LogP contribution in [-0.2, 0) is 4.74 Å². The lowest BCUT2D eigenvalue weighted by atomic mass is 10.2. The highest BCUT2D eigenvalue weighted by Crippen LogP contribution is 2.28. The Morgan fingerprint density at radius 2 is 2.00 bits per heavy atom. The van der Waals surface area contributed by atoms with E-state index in [9.17, 15) is 4.79 Å². The molecule has 4 rings (SSSR count). The zero-order chi connectivity index (χ0) is 19.7. The third-order valence-electron chi connectivity index (χ3n) is 4.31. The fourth-order valence-corrected chi connectivity index (χ4v) is 3.76. The van der Waals surface area contributed by atoms with Crippen molar-refractivity contribution in [3.63, 3.8) is 0 Å². The Balaban J connectivity index is 1.35. The summed E-state index contributed by atoms with van der Waals surface area (Å²) in [6.07, 6.45) is 1.53. The monoisotopic (exact) mass is 401 g/mol. The minimum absolute atomic E-state index is 0.263. The molecule has 2 aromatic heterocycles. The number of fused-ring (bicyclic) bond motifs is 1. The van der Waals surface area contributed by atoms with Gasteiger partial charge in [0.2, 0.25) is 10.3 Å². The van der Waals surface area contributed by atoms with E-state index in [1.807, 2.05) is 39.0 Å². The third kappa shape index (κ3) is 4.16. The van der Waals surface area contributed by atoms with Gasteiger partial charge in [0.05, 0.1) is 11.7 Å². The number of aromatic nitrogens is 4. The van der Waals surface area contributed by atoms with E-state index < -0.39 is 5.60 Å². The molecule has 0 spiro atoms. The van der Waals surface area contributed by atoms with Gasteiger partial charge >= 0.3 is 6.09 Å². The third-order valence-corrected chi connectivity index (χ3v) is 5.21. The van der Waals surface area contributed by atoms with Crippen LogP contribution in [0.15, 0.2) is 24.4 Å². The van der Waals surface area contributed by atoms with E-state index in [0.29, 0.717) is 26.2 Å². The Bertz CT molecular complexity index is 970. The number of carbonyl (C=O) groups excluding carboxylic acids is 1. The van der Waals surface area contributed by atoms with Gasteiger partial charge in [-0.25, -0.2) is 4.79 Å². The van der Waals surface area contributed by atoms with Crippen LogP contribution in [0.1, 0.15) is 20.8 Å². The molecule has 3 aromatic rings. The molecule has 28 heavy (non-hydrogen) atoms. The minimum Gasteiger partial charge on any atom is -0.444 e. The van der Waals surface area contributed by atoms with Gasteiger partial charge in [0.1, 0.15) is 5.60 Å². The summed E-state index contributed by atoms with van der Waals surface area (Å²) in [5.41, 5.74) is 1.45. The molecule has 1 amide bonds. The molecule has 0 aliphatic carbocycles. The number of piperazine rings is 1. The van der Waals surface area contributed by atoms with Gasteiger partial charge < -0.3 is 19.9 Å². The summed E-state index contributed by atoms with van der Waals surface area (Å²) >= 11 is 1.50. The maximum absolute atomic E-state index is 12.2. The van der Waals surface area contributed by atoms with Crippen LogP contribution >= 0.6 is 11.3 Å². The van der Waals surface area contributed by atoms with Gasteiger partial charge in [0.25, 0.3) is 0 Å². The van der Waals surface area contributed by atoms with E-state index in [2.05, 4.69) is 30.6 Å². The molecule has 0 bridgehead atoms. The number of rotatable bonds is 3. The van der Waals surface area contributed by atoms with E-state index in [1.54, 1.807) is 11.1 Å². The van der Waals surface area contributed by atoms with Crippen LogP contribution in [0, 0.1) is 0 Å². The highest BCUT2D eigenvalue weighted by Gasteiger charge is 2.27. The molecule has 1 fully saturated rings. The summed E-state index contributed by atoms with van der Waals surface area (Å²) in [6, 6.07) is 5.96. The lowest BCUT2D eigenvalue weighted by Crippen LogP contribution is -2.50. The number of hydrogen-bond acceptors (Lipinski definition) is 8. The smallest absolute Gasteiger partial charge is 0.410 e. The molecule has 9 nitrogen and oxygen atoms in total. The van der Waals surface area contributed by atoms with Crippen molar-refractivity contribution in [2.24, 2.45) is 0 Å². The number of anilines is 3. The van der Waals surface area contributed by atoms with E-state index in [-0.39, 0.29) is 6.09 Å². The second-order valence-corrected chi connectivity index (χ2v) is 8.60. The Morgan fingerprint density at radius 1 is 1.21 bits per heavy atom. The van der Waals surface area contributed by atoms with Gasteiger partial charge in [-0.3, -0.25) is 5.10 Å². The number of benzene rings is 1. The molecule has 0 saturated carbocycles. The quantitative estimate of drug-likeness (QED) is 0.695. The summed E-state index contributed by atoms with van der Waals surface area (Å²) < 4.78 is 5.44. The number of nitrogens with one attached hydrogen (secondary N) is 2. The molecule has 148 valence electrons. The Hall–Kier alpha value is -2.88. The largest absolute Gasteiger partial charge is 0.444 e. The first-order chi connectivity index (χ1) is 13.4. The molecule has 1 aromatic carbocycles. The van der Waals surface area contributed by atoms with Gasteiger partial charge in [-0.05, 0) is 39.0 Å². The average Bonchev–Trinajstić information content (AvgIpc) is 3.29. The minimum atomic E-state index is -0.479. The molecule has 1 aliphatic heterocycles. The summed E-state index contributed by atoms with van der Waals surface area (Å²) in [7, 11) is 0. The van der Waals surface area contributed by atoms with Crippen LogP contribution in [0.5, 0.6) is 0 Å². The zero-order valence-corrected chi connectivity index (χ0v) is 16.9. The van der Waals surface area contributed by atoms with Crippen LogP contribution in [0.4, 0.5) is 20.7 Å². The number of amides is 1. The fourth-order valence-electron chi connectivity index (χ4n) is 2.94. The number of H-pyrrole nitrogens is 1. The van der Waals surface area contributed by atoms with Crippen molar-refractivity contribution < 1.29 is 9.53 Å². The first-order valence-corrected chi connectivity index (χ1v) is 9.95. The molecule has 10 heteroatoms. The highest BCUT2D eigenvalue weighted by molar-refractivity contribution is 7.19. The van der Waals surface area contributed by atoms with Crippen molar-refractivity contribution in [1.29, 1.82) is 0 Å². The molecular formula is C18H23N7O2S. The highest BCUT2D eigenvalue weighted by atomic mass is 32.1. The Labute approximate surface area is 166 Å². The molecule has 1 aliphatic rings. The predicted molar refractivity (Wildman–Crippen MR) is 109 cm³/mol. The van der Waals surface area contributed by atoms with E-state index in [0.717, 1.165) is 26.9 Å². The molecule has 2 N–H and O–H groups in total. The number of carbonyl (C=O) groups is 1. The fraction of sp³-hybridized carbons (Fsp3) is 0.444. The van der Waals surface area contributed by atoms with Crippen molar-refractivity contribution in [1.82, 2.24) is 25.3 Å². The predicted octanol–water partition coefficient (Wildman–Crippen LogP) is 3.22. The topological polar surface area (TPSA) is 99.3 Å². The normalized spacial score (nSPS) is 15.1. The standard InChI is InChI=1S/C18H23N7O2S/c1-18(2,3)27-17(26)25-8-6-24(7-9-25)16-23-22-15(28-16)20-13-4-5-14-12(10-13)11-19-21-14/h4-5,10-11H,6-9H2,1-3H3,(H,19,21)(H,20,22). The van der Waals surface area contributed by atoms with Crippen LogP contribution in [0.25, 0.3) is 10.9 Å². The van der Waals surface area contributed by atoms with Crippen molar-refractivity contribution >= 4 is 44.3 Å². The first-order valence-electron chi connectivity index (χ1n) is 9.14. The second kappa shape index (κ2) is 7.27. The molecular weight excluding hydrogens is 378 g/mol. The van der Waals surface area contributed by atoms with Gasteiger partial charge in [-0.2, -0.15) is 5.10 Å². The molecule has 1 saturated heterocycles. The maximum atomic E-state index is 12.2. The van der Waals surface area contributed by atoms with Crippen molar-refractivity contribution in [2.75, 3.05) is 36.4 Å². The molecule has 0 unspecified atom stereocenters. The van der Waals surface area contributed by atoms with Gasteiger partial charge in [-0.1, -0.05) is 11.3 Å². The van der Waals surface area contributed by atoms with Crippen molar-refractivity contribution in [2.45, 2.75) is 26.4 Å². The van der Waals surface area contributed by atoms with Gasteiger partial charge in [0.15, 0.2) is 0 Å². The number of ether oxygens (including phenoxy) is 1. The molecule has 0 atom stereocenters. The average molecular weight is 401 g/mol. The Morgan fingerprint density at radius 3 is 2.75 bits per heavy atom. The van der Waals surface area contributed by atoms with Gasteiger partial charge in [-0.15, -0.1) is 10.2 Å². The summed E-state index contributed by atoms with van der Waals surface area (Å²) in [6.45, 7) is 8.25. The van der Waals surface area contributed by atoms with Crippen molar-refractivity contribution in [3.05, 3.63) is 24.4 Å². The van der Waals surface area contributed by atoms with Crippen LogP contribution in [-0.4, -0.2) is 63.2 Å². The summed E-state index contributed by atoms with van der Waals surface area (Å²) in [5.74, 6) is 0. The van der Waals surface area contributed by atoms with Crippen LogP contribution in [0.3, 0.4) is 0 Å². The lowest BCUT2D eigenvalue weighted by Gasteiger charge is -2.35. The second-order valence-electron chi connectivity index (χ2n) is 7.64. The summed E-state index contributed by atoms with van der Waals surface area (Å²) in [4.78, 5) is 16.1. The summed E-state index contributed by atoms with van der Waals surface area (Å²) in [5, 5.41) is 21.4. The molecule has 0 radical (unpaired) electrons.